The van der Waals surface area contributed by atoms with E-state index in [1.165, 1.54) is 7.11 Å². The monoisotopic (exact) mass is 293 g/mol. The van der Waals surface area contributed by atoms with Crippen molar-refractivity contribution < 1.29 is 19.0 Å². The highest BCUT2D eigenvalue weighted by molar-refractivity contribution is 5.69. The fourth-order valence-corrected chi connectivity index (χ4v) is 2.49. The molecule has 5 heteroatoms. The molecule has 0 aliphatic carbocycles. The van der Waals surface area contributed by atoms with Crippen LogP contribution < -0.4 is 4.74 Å². The number of benzene rings is 1. The summed E-state index contributed by atoms with van der Waals surface area (Å²) >= 11 is 0. The molecule has 0 N–H and O–H groups in total. The number of carbonyl (C=O) groups is 1. The maximum atomic E-state index is 11.3. The predicted molar refractivity (Wildman–Crippen MR) is 79.3 cm³/mol. The van der Waals surface area contributed by atoms with Gasteiger partial charge in [-0.15, -0.1) is 0 Å². The zero-order valence-corrected chi connectivity index (χ0v) is 12.7. The number of esters is 1. The van der Waals surface area contributed by atoms with Gasteiger partial charge in [-0.2, -0.15) is 0 Å². The van der Waals surface area contributed by atoms with Crippen LogP contribution >= 0.6 is 0 Å². The summed E-state index contributed by atoms with van der Waals surface area (Å²) in [6.07, 6.45) is 0.213. The Morgan fingerprint density at radius 1 is 1.43 bits per heavy atom. The molecular weight excluding hydrogens is 270 g/mol. The van der Waals surface area contributed by atoms with Gasteiger partial charge < -0.3 is 14.2 Å². The Morgan fingerprint density at radius 2 is 2.24 bits per heavy atom. The first kappa shape index (κ1) is 15.8. The number of para-hydroxylation sites is 1. The van der Waals surface area contributed by atoms with Crippen molar-refractivity contribution >= 4 is 5.97 Å². The van der Waals surface area contributed by atoms with Gasteiger partial charge in [0.2, 0.25) is 0 Å². The van der Waals surface area contributed by atoms with E-state index in [2.05, 4.69) is 11.0 Å². The Labute approximate surface area is 125 Å². The lowest BCUT2D eigenvalue weighted by Crippen LogP contribution is -2.42. The second-order valence-electron chi connectivity index (χ2n) is 5.05. The lowest BCUT2D eigenvalue weighted by molar-refractivity contribution is -0.145. The largest absolute Gasteiger partial charge is 0.494 e. The average Bonchev–Trinajstić information content (AvgIpc) is 2.50. The Kier molecular flexibility index (Phi) is 6.02. The van der Waals surface area contributed by atoms with Crippen LogP contribution in [0.2, 0.25) is 0 Å². The van der Waals surface area contributed by atoms with Gasteiger partial charge in [-0.25, -0.2) is 0 Å². The smallest absolute Gasteiger partial charge is 0.308 e. The SMILES string of the molecule is CCOc1ccccc1CN1CCOC(CC(=O)OC)C1. The molecule has 1 aliphatic rings. The number of hydrogen-bond donors (Lipinski definition) is 0. The fourth-order valence-electron chi connectivity index (χ4n) is 2.49. The highest BCUT2D eigenvalue weighted by Gasteiger charge is 2.23. The van der Waals surface area contributed by atoms with Crippen LogP contribution in [0, 0.1) is 0 Å². The molecule has 1 aliphatic heterocycles. The van der Waals surface area contributed by atoms with Gasteiger partial charge in [0.05, 0.1) is 32.8 Å². The van der Waals surface area contributed by atoms with Crippen molar-refractivity contribution in [3.8, 4) is 5.75 Å². The molecular formula is C16H23NO4. The normalized spacial score (nSPS) is 19.2. The molecule has 1 fully saturated rings. The number of morpholine rings is 1. The van der Waals surface area contributed by atoms with Crippen LogP contribution in [-0.4, -0.2) is 50.4 Å². The van der Waals surface area contributed by atoms with Crippen molar-refractivity contribution in [1.29, 1.82) is 0 Å². The van der Waals surface area contributed by atoms with Crippen LogP contribution in [0.5, 0.6) is 5.75 Å². The molecule has 0 spiro atoms. The van der Waals surface area contributed by atoms with Crippen molar-refractivity contribution in [3.05, 3.63) is 29.8 Å². The second kappa shape index (κ2) is 8.00. The molecule has 21 heavy (non-hydrogen) atoms. The zero-order chi connectivity index (χ0) is 15.1. The van der Waals surface area contributed by atoms with E-state index in [1.807, 2.05) is 25.1 Å². The molecule has 5 nitrogen and oxygen atoms in total. The molecule has 1 heterocycles. The third-order valence-corrected chi connectivity index (χ3v) is 3.51. The zero-order valence-electron chi connectivity index (χ0n) is 12.7. The first-order valence-corrected chi connectivity index (χ1v) is 7.34. The van der Waals surface area contributed by atoms with Crippen LogP contribution in [0.3, 0.4) is 0 Å². The van der Waals surface area contributed by atoms with E-state index in [1.54, 1.807) is 0 Å². The molecule has 0 saturated carbocycles. The van der Waals surface area contributed by atoms with Crippen LogP contribution in [0.1, 0.15) is 18.9 Å². The Morgan fingerprint density at radius 3 is 3.00 bits per heavy atom. The van der Waals surface area contributed by atoms with Crippen molar-refractivity contribution in [2.75, 3.05) is 33.4 Å². The molecule has 1 aromatic carbocycles. The van der Waals surface area contributed by atoms with Gasteiger partial charge in [0.15, 0.2) is 0 Å². The molecule has 116 valence electrons. The van der Waals surface area contributed by atoms with E-state index in [9.17, 15) is 4.79 Å². The van der Waals surface area contributed by atoms with Crippen molar-refractivity contribution in [2.24, 2.45) is 0 Å². The summed E-state index contributed by atoms with van der Waals surface area (Å²) in [7, 11) is 1.40. The van der Waals surface area contributed by atoms with Gasteiger partial charge in [0, 0.05) is 25.2 Å². The molecule has 1 aromatic rings. The van der Waals surface area contributed by atoms with E-state index in [0.29, 0.717) is 19.6 Å². The maximum Gasteiger partial charge on any atom is 0.308 e. The summed E-state index contributed by atoms with van der Waals surface area (Å²) in [5.41, 5.74) is 1.16. The Balaban J connectivity index is 1.94. The Bertz CT molecular complexity index is 463. The Hall–Kier alpha value is -1.59. The minimum atomic E-state index is -0.225. The van der Waals surface area contributed by atoms with Gasteiger partial charge in [0.1, 0.15) is 5.75 Å². The van der Waals surface area contributed by atoms with E-state index < -0.39 is 0 Å². The predicted octanol–water partition coefficient (Wildman–Crippen LogP) is 1.85. The summed E-state index contributed by atoms with van der Waals surface area (Å²) in [6.45, 7) is 5.67. The summed E-state index contributed by atoms with van der Waals surface area (Å²) in [4.78, 5) is 13.6. The van der Waals surface area contributed by atoms with E-state index in [-0.39, 0.29) is 12.1 Å². The molecule has 0 bridgehead atoms. The quantitative estimate of drug-likeness (QED) is 0.749. The van der Waals surface area contributed by atoms with Gasteiger partial charge in [0.25, 0.3) is 0 Å². The molecule has 0 aromatic heterocycles. The minimum absolute atomic E-state index is 0.0922. The lowest BCUT2D eigenvalue weighted by atomic mass is 10.1. The number of nitrogens with zero attached hydrogens (tertiary/aromatic N) is 1. The summed E-state index contributed by atoms with van der Waals surface area (Å²) < 4.78 is 16.0. The highest BCUT2D eigenvalue weighted by Crippen LogP contribution is 2.21. The number of hydrogen-bond acceptors (Lipinski definition) is 5. The van der Waals surface area contributed by atoms with Crippen LogP contribution in [0.15, 0.2) is 24.3 Å². The molecule has 1 saturated heterocycles. The third-order valence-electron chi connectivity index (χ3n) is 3.51. The second-order valence-corrected chi connectivity index (χ2v) is 5.05. The minimum Gasteiger partial charge on any atom is -0.494 e. The maximum absolute atomic E-state index is 11.3. The molecule has 1 atom stereocenters. The standard InChI is InChI=1S/C16H23NO4/c1-3-20-15-7-5-4-6-13(15)11-17-8-9-21-14(12-17)10-16(18)19-2/h4-7,14H,3,8-12H2,1-2H3. The molecule has 0 amide bonds. The molecule has 1 unspecified atom stereocenters. The lowest BCUT2D eigenvalue weighted by Gasteiger charge is -2.32. The van der Waals surface area contributed by atoms with E-state index in [4.69, 9.17) is 14.2 Å². The van der Waals surface area contributed by atoms with Gasteiger partial charge in [-0.1, -0.05) is 18.2 Å². The van der Waals surface area contributed by atoms with E-state index >= 15 is 0 Å². The highest BCUT2D eigenvalue weighted by atomic mass is 16.5. The number of rotatable bonds is 6. The third kappa shape index (κ3) is 4.72. The number of carbonyl (C=O) groups excluding carboxylic acids is 1. The topological polar surface area (TPSA) is 48.0 Å². The first-order valence-electron chi connectivity index (χ1n) is 7.34. The summed E-state index contributed by atoms with van der Waals surface area (Å²) in [5.74, 6) is 0.701. The fraction of sp³-hybridized carbons (Fsp3) is 0.562. The number of ether oxygens (including phenoxy) is 3. The van der Waals surface area contributed by atoms with Crippen LogP contribution in [-0.2, 0) is 20.8 Å². The first-order chi connectivity index (χ1) is 10.2. The summed E-state index contributed by atoms with van der Waals surface area (Å²) in [5, 5.41) is 0. The van der Waals surface area contributed by atoms with Crippen molar-refractivity contribution in [1.82, 2.24) is 4.90 Å². The van der Waals surface area contributed by atoms with Crippen molar-refractivity contribution in [3.63, 3.8) is 0 Å². The van der Waals surface area contributed by atoms with Crippen LogP contribution in [0.4, 0.5) is 0 Å². The van der Waals surface area contributed by atoms with Gasteiger partial charge >= 0.3 is 5.97 Å². The van der Waals surface area contributed by atoms with Gasteiger partial charge in [-0.3, -0.25) is 9.69 Å². The van der Waals surface area contributed by atoms with Gasteiger partial charge in [-0.05, 0) is 13.0 Å². The molecule has 0 radical (unpaired) electrons. The van der Waals surface area contributed by atoms with Crippen LogP contribution in [0.25, 0.3) is 0 Å². The number of methoxy groups -OCH3 is 1. The van der Waals surface area contributed by atoms with Crippen molar-refractivity contribution in [2.45, 2.75) is 26.0 Å². The van der Waals surface area contributed by atoms with E-state index in [0.717, 1.165) is 30.9 Å². The average molecular weight is 293 g/mol. The molecule has 2 rings (SSSR count). The summed E-state index contributed by atoms with van der Waals surface area (Å²) in [6, 6.07) is 8.07.